The van der Waals surface area contributed by atoms with Crippen molar-refractivity contribution in [2.45, 2.75) is 5.75 Å². The SMILES string of the molecule is COc1ccccc1CSCCO. The summed E-state index contributed by atoms with van der Waals surface area (Å²) in [6, 6.07) is 7.95. The van der Waals surface area contributed by atoms with Crippen LogP contribution in [0.4, 0.5) is 0 Å². The van der Waals surface area contributed by atoms with Gasteiger partial charge in [-0.05, 0) is 6.07 Å². The first kappa shape index (κ1) is 10.4. The molecule has 0 aliphatic rings. The highest BCUT2D eigenvalue weighted by molar-refractivity contribution is 7.98. The van der Waals surface area contributed by atoms with Crippen molar-refractivity contribution in [2.75, 3.05) is 19.5 Å². The fourth-order valence-electron chi connectivity index (χ4n) is 1.07. The van der Waals surface area contributed by atoms with Crippen molar-refractivity contribution in [1.82, 2.24) is 0 Å². The van der Waals surface area contributed by atoms with E-state index in [-0.39, 0.29) is 6.61 Å². The van der Waals surface area contributed by atoms with Gasteiger partial charge in [-0.2, -0.15) is 11.8 Å². The zero-order valence-electron chi connectivity index (χ0n) is 7.69. The van der Waals surface area contributed by atoms with Gasteiger partial charge < -0.3 is 9.84 Å². The Hall–Kier alpha value is -0.670. The van der Waals surface area contributed by atoms with Crippen molar-refractivity contribution >= 4 is 11.8 Å². The molecule has 1 aromatic carbocycles. The average molecular weight is 198 g/mol. The molecule has 0 fully saturated rings. The Kier molecular flexibility index (Phi) is 4.72. The molecule has 2 nitrogen and oxygen atoms in total. The third kappa shape index (κ3) is 3.28. The molecule has 0 unspecified atom stereocenters. The van der Waals surface area contributed by atoms with Crippen LogP contribution in [0.2, 0.25) is 0 Å². The first-order chi connectivity index (χ1) is 6.38. The van der Waals surface area contributed by atoms with Crippen LogP contribution in [0.1, 0.15) is 5.56 Å². The molecular weight excluding hydrogens is 184 g/mol. The summed E-state index contributed by atoms with van der Waals surface area (Å²) in [5, 5.41) is 8.62. The quantitative estimate of drug-likeness (QED) is 0.733. The van der Waals surface area contributed by atoms with Crippen LogP contribution in [0.25, 0.3) is 0 Å². The van der Waals surface area contributed by atoms with Crippen molar-refractivity contribution in [3.05, 3.63) is 29.8 Å². The maximum atomic E-state index is 8.62. The van der Waals surface area contributed by atoms with Gasteiger partial charge >= 0.3 is 0 Å². The molecule has 72 valence electrons. The van der Waals surface area contributed by atoms with E-state index in [0.29, 0.717) is 0 Å². The summed E-state index contributed by atoms with van der Waals surface area (Å²) >= 11 is 1.71. The molecule has 0 bridgehead atoms. The van der Waals surface area contributed by atoms with Gasteiger partial charge in [-0.1, -0.05) is 18.2 Å². The minimum atomic E-state index is 0.236. The van der Waals surface area contributed by atoms with Gasteiger partial charge in [0.2, 0.25) is 0 Å². The lowest BCUT2D eigenvalue weighted by atomic mass is 10.2. The van der Waals surface area contributed by atoms with E-state index in [4.69, 9.17) is 9.84 Å². The van der Waals surface area contributed by atoms with Crippen LogP contribution < -0.4 is 4.74 Å². The van der Waals surface area contributed by atoms with E-state index in [1.54, 1.807) is 18.9 Å². The number of hydrogen-bond donors (Lipinski definition) is 1. The highest BCUT2D eigenvalue weighted by atomic mass is 32.2. The Labute approximate surface area is 82.9 Å². The molecule has 1 N–H and O–H groups in total. The molecule has 0 radical (unpaired) electrons. The number of methoxy groups -OCH3 is 1. The number of aliphatic hydroxyl groups excluding tert-OH is 1. The summed E-state index contributed by atoms with van der Waals surface area (Å²) in [4.78, 5) is 0. The number of rotatable bonds is 5. The predicted octanol–water partition coefficient (Wildman–Crippen LogP) is 1.92. The fourth-order valence-corrected chi connectivity index (χ4v) is 1.80. The van der Waals surface area contributed by atoms with E-state index in [2.05, 4.69) is 0 Å². The first-order valence-corrected chi connectivity index (χ1v) is 5.34. The van der Waals surface area contributed by atoms with E-state index >= 15 is 0 Å². The minimum absolute atomic E-state index is 0.236. The van der Waals surface area contributed by atoms with Crippen LogP contribution >= 0.6 is 11.8 Å². The summed E-state index contributed by atoms with van der Waals surface area (Å²) < 4.78 is 5.20. The van der Waals surface area contributed by atoms with Gasteiger partial charge in [0.15, 0.2) is 0 Å². The van der Waals surface area contributed by atoms with E-state index in [1.807, 2.05) is 24.3 Å². The van der Waals surface area contributed by atoms with Crippen molar-refractivity contribution < 1.29 is 9.84 Å². The second-order valence-corrected chi connectivity index (χ2v) is 3.69. The molecule has 0 saturated heterocycles. The van der Waals surface area contributed by atoms with E-state index in [1.165, 1.54) is 5.56 Å². The second-order valence-electron chi connectivity index (χ2n) is 2.59. The normalized spacial score (nSPS) is 10.0. The molecular formula is C10H14O2S. The molecule has 0 atom stereocenters. The Bertz CT molecular complexity index is 250. The molecule has 0 aliphatic heterocycles. The highest BCUT2D eigenvalue weighted by Crippen LogP contribution is 2.22. The molecule has 0 heterocycles. The van der Waals surface area contributed by atoms with Crippen LogP contribution in [-0.2, 0) is 5.75 Å². The van der Waals surface area contributed by atoms with Crippen LogP contribution in [0, 0.1) is 0 Å². The van der Waals surface area contributed by atoms with Crippen LogP contribution in [0.15, 0.2) is 24.3 Å². The van der Waals surface area contributed by atoms with Crippen LogP contribution in [-0.4, -0.2) is 24.6 Å². The van der Waals surface area contributed by atoms with Gasteiger partial charge in [-0.25, -0.2) is 0 Å². The highest BCUT2D eigenvalue weighted by Gasteiger charge is 2.00. The average Bonchev–Trinajstić information content (AvgIpc) is 2.19. The van der Waals surface area contributed by atoms with Crippen molar-refractivity contribution in [3.8, 4) is 5.75 Å². The number of hydrogen-bond acceptors (Lipinski definition) is 3. The zero-order chi connectivity index (χ0) is 9.52. The lowest BCUT2D eigenvalue weighted by molar-refractivity contribution is 0.322. The lowest BCUT2D eigenvalue weighted by Crippen LogP contribution is -1.91. The monoisotopic (exact) mass is 198 g/mol. The first-order valence-electron chi connectivity index (χ1n) is 4.19. The molecule has 3 heteroatoms. The van der Waals surface area contributed by atoms with Crippen molar-refractivity contribution in [3.63, 3.8) is 0 Å². The second kappa shape index (κ2) is 5.89. The van der Waals surface area contributed by atoms with Gasteiger partial charge in [0.1, 0.15) is 5.75 Å². The van der Waals surface area contributed by atoms with Crippen LogP contribution in [0.3, 0.4) is 0 Å². The predicted molar refractivity (Wildman–Crippen MR) is 56.2 cm³/mol. The fraction of sp³-hybridized carbons (Fsp3) is 0.400. The van der Waals surface area contributed by atoms with Gasteiger partial charge in [-0.3, -0.25) is 0 Å². The molecule has 1 rings (SSSR count). The van der Waals surface area contributed by atoms with Gasteiger partial charge in [-0.15, -0.1) is 0 Å². The molecule has 0 amide bonds. The van der Waals surface area contributed by atoms with Gasteiger partial charge in [0.25, 0.3) is 0 Å². The molecule has 0 spiro atoms. The molecule has 0 aromatic heterocycles. The Morgan fingerprint density at radius 3 is 2.85 bits per heavy atom. The maximum Gasteiger partial charge on any atom is 0.122 e. The molecule has 1 aromatic rings. The standard InChI is InChI=1S/C10H14O2S/c1-12-10-5-3-2-4-9(10)8-13-7-6-11/h2-5,11H,6-8H2,1H3. The summed E-state index contributed by atoms with van der Waals surface area (Å²) in [7, 11) is 1.68. The van der Waals surface area contributed by atoms with Gasteiger partial charge in [0, 0.05) is 17.1 Å². The Balaban J connectivity index is 2.54. The number of benzene rings is 1. The summed E-state index contributed by atoms with van der Waals surface area (Å²) in [5.41, 5.74) is 1.18. The van der Waals surface area contributed by atoms with E-state index in [9.17, 15) is 0 Å². The smallest absolute Gasteiger partial charge is 0.122 e. The topological polar surface area (TPSA) is 29.5 Å². The Morgan fingerprint density at radius 1 is 1.38 bits per heavy atom. The number of thioether (sulfide) groups is 1. The van der Waals surface area contributed by atoms with Crippen molar-refractivity contribution in [2.24, 2.45) is 0 Å². The lowest BCUT2D eigenvalue weighted by Gasteiger charge is -2.06. The number of aliphatic hydroxyl groups is 1. The largest absolute Gasteiger partial charge is 0.496 e. The van der Waals surface area contributed by atoms with E-state index in [0.717, 1.165) is 17.3 Å². The zero-order valence-corrected chi connectivity index (χ0v) is 8.51. The third-order valence-electron chi connectivity index (χ3n) is 1.69. The van der Waals surface area contributed by atoms with Gasteiger partial charge in [0.05, 0.1) is 13.7 Å². The third-order valence-corrected chi connectivity index (χ3v) is 2.67. The Morgan fingerprint density at radius 2 is 2.15 bits per heavy atom. The molecule has 0 aliphatic carbocycles. The molecule has 0 saturated carbocycles. The summed E-state index contributed by atoms with van der Waals surface area (Å²) in [6.45, 7) is 0.236. The van der Waals surface area contributed by atoms with Crippen LogP contribution in [0.5, 0.6) is 5.75 Å². The summed E-state index contributed by atoms with van der Waals surface area (Å²) in [5.74, 6) is 2.59. The number of ether oxygens (including phenoxy) is 1. The van der Waals surface area contributed by atoms with E-state index < -0.39 is 0 Å². The summed E-state index contributed by atoms with van der Waals surface area (Å²) in [6.07, 6.45) is 0. The maximum absolute atomic E-state index is 8.62. The van der Waals surface area contributed by atoms with Crippen molar-refractivity contribution in [1.29, 1.82) is 0 Å². The minimum Gasteiger partial charge on any atom is -0.496 e. The molecule has 13 heavy (non-hydrogen) atoms. The number of para-hydroxylation sites is 1.